The van der Waals surface area contributed by atoms with Gasteiger partial charge in [-0.25, -0.2) is 0 Å². The van der Waals surface area contributed by atoms with Crippen molar-refractivity contribution in [3.05, 3.63) is 45.1 Å². The molecule has 3 N–H and O–H groups in total. The lowest BCUT2D eigenvalue weighted by Crippen LogP contribution is -2.18. The number of para-hydroxylation sites is 2. The Labute approximate surface area is 130 Å². The highest BCUT2D eigenvalue weighted by Gasteiger charge is 2.16. The van der Waals surface area contributed by atoms with Gasteiger partial charge in [0.05, 0.1) is 9.47 Å². The van der Waals surface area contributed by atoms with E-state index in [0.717, 1.165) is 8.66 Å². The number of hydrogen-bond donors (Lipinski definition) is 2. The van der Waals surface area contributed by atoms with Crippen LogP contribution in [0, 0.1) is 0 Å². The molecule has 2 rings (SSSR count). The van der Waals surface area contributed by atoms with Crippen molar-refractivity contribution in [2.75, 3.05) is 11.9 Å². The Bertz CT molecular complexity index is 600. The fourth-order valence-electron chi connectivity index (χ4n) is 1.74. The number of nitrogens with two attached hydrogens (primary N) is 1. The second kappa shape index (κ2) is 6.88. The van der Waals surface area contributed by atoms with Gasteiger partial charge in [0.25, 0.3) is 0 Å². The molecule has 1 heterocycles. The lowest BCUT2D eigenvalue weighted by atomic mass is 10.2. The van der Waals surface area contributed by atoms with Gasteiger partial charge in [0.15, 0.2) is 0 Å². The minimum Gasteiger partial charge on any atom is -0.481 e. The number of benzene rings is 1. The summed E-state index contributed by atoms with van der Waals surface area (Å²) in [5.41, 5.74) is 6.44. The molecule has 1 atom stereocenters. The summed E-state index contributed by atoms with van der Waals surface area (Å²) in [6.07, 6.45) is -0.235. The molecule has 20 heavy (non-hydrogen) atoms. The fourth-order valence-corrected chi connectivity index (χ4v) is 3.21. The van der Waals surface area contributed by atoms with E-state index in [4.69, 9.17) is 10.5 Å². The Morgan fingerprint density at radius 2 is 2.15 bits per heavy atom. The van der Waals surface area contributed by atoms with Gasteiger partial charge >= 0.3 is 0 Å². The molecule has 0 aliphatic carbocycles. The molecular weight excluding hydrogens is 340 g/mol. The average molecular weight is 355 g/mol. The molecule has 1 aromatic carbocycles. The quantitative estimate of drug-likeness (QED) is 0.862. The van der Waals surface area contributed by atoms with E-state index in [1.807, 2.05) is 30.3 Å². The zero-order valence-corrected chi connectivity index (χ0v) is 13.3. The number of carbonyl (C=O) groups is 1. The first-order valence-corrected chi connectivity index (χ1v) is 7.69. The number of hydrogen-bond acceptors (Lipinski definition) is 4. The van der Waals surface area contributed by atoms with Crippen LogP contribution in [0.15, 0.2) is 40.2 Å². The molecular formula is C14H15BrN2O2S. The van der Waals surface area contributed by atoms with Gasteiger partial charge in [0.1, 0.15) is 11.9 Å². The van der Waals surface area contributed by atoms with Crippen molar-refractivity contribution in [1.29, 1.82) is 0 Å². The van der Waals surface area contributed by atoms with Crippen molar-refractivity contribution in [1.82, 2.24) is 0 Å². The van der Waals surface area contributed by atoms with Gasteiger partial charge in [-0.05, 0) is 40.2 Å². The molecule has 2 aromatic rings. The average Bonchev–Trinajstić information content (AvgIpc) is 2.83. The summed E-state index contributed by atoms with van der Waals surface area (Å²) in [6, 6.07) is 11.3. The molecule has 1 aromatic heterocycles. The highest BCUT2D eigenvalue weighted by Crippen LogP contribution is 2.33. The number of anilines is 1. The second-order valence-corrected chi connectivity index (χ2v) is 6.66. The molecule has 0 radical (unpaired) electrons. The van der Waals surface area contributed by atoms with Crippen LogP contribution in [0.2, 0.25) is 0 Å². The molecule has 106 valence electrons. The molecule has 0 saturated carbocycles. The molecule has 1 amide bonds. The Morgan fingerprint density at radius 3 is 2.75 bits per heavy atom. The van der Waals surface area contributed by atoms with Gasteiger partial charge < -0.3 is 15.8 Å². The van der Waals surface area contributed by atoms with Crippen LogP contribution >= 0.6 is 27.3 Å². The number of nitrogens with one attached hydrogen (secondary N) is 1. The Hall–Kier alpha value is -1.37. The first kappa shape index (κ1) is 15.0. The third-order valence-corrected chi connectivity index (χ3v) is 4.31. The summed E-state index contributed by atoms with van der Waals surface area (Å²) in [5, 5.41) is 2.75. The van der Waals surface area contributed by atoms with Crippen LogP contribution in [0.25, 0.3) is 0 Å². The van der Waals surface area contributed by atoms with E-state index < -0.39 is 0 Å². The SMILES string of the molecule is CC(=O)Nc1ccccc1OC(CN)c1ccc(Br)s1. The number of carbonyl (C=O) groups excluding carboxylic acids is 1. The van der Waals surface area contributed by atoms with Gasteiger partial charge in [-0.3, -0.25) is 4.79 Å². The molecule has 0 spiro atoms. The summed E-state index contributed by atoms with van der Waals surface area (Å²) < 4.78 is 6.98. The minimum atomic E-state index is -0.235. The van der Waals surface area contributed by atoms with Crippen LogP contribution in [-0.2, 0) is 4.79 Å². The van der Waals surface area contributed by atoms with E-state index in [9.17, 15) is 4.79 Å². The Morgan fingerprint density at radius 1 is 1.40 bits per heavy atom. The predicted octanol–water partition coefficient (Wildman–Crippen LogP) is 3.55. The highest BCUT2D eigenvalue weighted by molar-refractivity contribution is 9.11. The summed E-state index contributed by atoms with van der Waals surface area (Å²) in [4.78, 5) is 12.2. The summed E-state index contributed by atoms with van der Waals surface area (Å²) in [7, 11) is 0. The van der Waals surface area contributed by atoms with Crippen molar-refractivity contribution in [3.8, 4) is 5.75 Å². The molecule has 0 fully saturated rings. The van der Waals surface area contributed by atoms with Gasteiger partial charge in [0, 0.05) is 18.3 Å². The van der Waals surface area contributed by atoms with Crippen molar-refractivity contribution in [3.63, 3.8) is 0 Å². The van der Waals surface area contributed by atoms with E-state index in [2.05, 4.69) is 21.2 Å². The lowest BCUT2D eigenvalue weighted by Gasteiger charge is -2.18. The molecule has 0 aliphatic rings. The zero-order chi connectivity index (χ0) is 14.5. The molecule has 1 unspecified atom stereocenters. The van der Waals surface area contributed by atoms with Gasteiger partial charge in [-0.2, -0.15) is 0 Å². The maximum absolute atomic E-state index is 11.2. The summed E-state index contributed by atoms with van der Waals surface area (Å²) in [6.45, 7) is 1.83. The summed E-state index contributed by atoms with van der Waals surface area (Å²) in [5.74, 6) is 0.479. The van der Waals surface area contributed by atoms with Gasteiger partial charge in [0.2, 0.25) is 5.91 Å². The largest absolute Gasteiger partial charge is 0.481 e. The number of ether oxygens (including phenoxy) is 1. The molecule has 0 saturated heterocycles. The molecule has 0 bridgehead atoms. The maximum atomic E-state index is 11.2. The van der Waals surface area contributed by atoms with E-state index >= 15 is 0 Å². The number of halogens is 1. The van der Waals surface area contributed by atoms with Gasteiger partial charge in [-0.1, -0.05) is 12.1 Å². The smallest absolute Gasteiger partial charge is 0.221 e. The van der Waals surface area contributed by atoms with Gasteiger partial charge in [-0.15, -0.1) is 11.3 Å². The van der Waals surface area contributed by atoms with Crippen molar-refractivity contribution in [2.45, 2.75) is 13.0 Å². The topological polar surface area (TPSA) is 64.3 Å². The Balaban J connectivity index is 2.21. The van der Waals surface area contributed by atoms with Crippen LogP contribution in [0.1, 0.15) is 17.9 Å². The monoisotopic (exact) mass is 354 g/mol. The van der Waals surface area contributed by atoms with Crippen LogP contribution in [0.5, 0.6) is 5.75 Å². The van der Waals surface area contributed by atoms with Crippen LogP contribution in [-0.4, -0.2) is 12.5 Å². The molecule has 0 aliphatic heterocycles. The van der Waals surface area contributed by atoms with Crippen molar-refractivity contribution >= 4 is 38.9 Å². The normalized spacial score (nSPS) is 11.9. The third-order valence-electron chi connectivity index (χ3n) is 2.59. The third kappa shape index (κ3) is 3.82. The minimum absolute atomic E-state index is 0.135. The standard InChI is InChI=1S/C14H15BrN2O2S/c1-9(18)17-10-4-2-3-5-11(10)19-12(8-16)13-6-7-14(15)20-13/h2-7,12H,8,16H2,1H3,(H,17,18). The van der Waals surface area contributed by atoms with Crippen LogP contribution in [0.4, 0.5) is 5.69 Å². The highest BCUT2D eigenvalue weighted by atomic mass is 79.9. The number of thiophene rings is 1. The maximum Gasteiger partial charge on any atom is 0.221 e. The van der Waals surface area contributed by atoms with Crippen molar-refractivity contribution < 1.29 is 9.53 Å². The first-order chi connectivity index (χ1) is 9.60. The lowest BCUT2D eigenvalue weighted by molar-refractivity contribution is -0.114. The van der Waals surface area contributed by atoms with E-state index in [-0.39, 0.29) is 12.0 Å². The number of rotatable bonds is 5. The first-order valence-electron chi connectivity index (χ1n) is 6.08. The van der Waals surface area contributed by atoms with E-state index in [0.29, 0.717) is 18.0 Å². The number of amides is 1. The van der Waals surface area contributed by atoms with Crippen molar-refractivity contribution in [2.24, 2.45) is 5.73 Å². The summed E-state index contributed by atoms with van der Waals surface area (Å²) >= 11 is 5.01. The second-order valence-electron chi connectivity index (χ2n) is 4.16. The fraction of sp³-hybridized carbons (Fsp3) is 0.214. The molecule has 4 nitrogen and oxygen atoms in total. The van der Waals surface area contributed by atoms with Crippen LogP contribution in [0.3, 0.4) is 0 Å². The van der Waals surface area contributed by atoms with Crippen LogP contribution < -0.4 is 15.8 Å². The van der Waals surface area contributed by atoms with E-state index in [1.54, 1.807) is 17.4 Å². The predicted molar refractivity (Wildman–Crippen MR) is 85.2 cm³/mol. The van der Waals surface area contributed by atoms with E-state index in [1.165, 1.54) is 6.92 Å². The Kier molecular flexibility index (Phi) is 5.17. The zero-order valence-electron chi connectivity index (χ0n) is 10.9. The molecule has 6 heteroatoms.